The molecule has 1 unspecified atom stereocenters. The van der Waals surface area contributed by atoms with Crippen molar-refractivity contribution < 1.29 is 14.6 Å². The number of aliphatic hydroxyl groups is 1. The van der Waals surface area contributed by atoms with Crippen LogP contribution in [0.5, 0.6) is 0 Å². The Morgan fingerprint density at radius 3 is 3.05 bits per heavy atom. The van der Waals surface area contributed by atoms with Crippen molar-refractivity contribution in [3.63, 3.8) is 0 Å². The molecule has 4 nitrogen and oxygen atoms in total. The normalized spacial score (nSPS) is 18.0. The molecule has 0 aromatic heterocycles. The number of methoxy groups -OCH3 is 1. The Balaban J connectivity index is 2.27. The number of amides is 1. The van der Waals surface area contributed by atoms with E-state index >= 15 is 0 Å². The molecular weight excluding hydrogens is 266 g/mol. The quantitative estimate of drug-likeness (QED) is 0.840. The van der Waals surface area contributed by atoms with Crippen LogP contribution in [0.1, 0.15) is 34.3 Å². The zero-order valence-electron chi connectivity index (χ0n) is 12.6. The van der Waals surface area contributed by atoms with Gasteiger partial charge in [0.2, 0.25) is 0 Å². The Morgan fingerprint density at radius 1 is 1.52 bits per heavy atom. The Hall–Kier alpha value is -1.83. The third-order valence-corrected chi connectivity index (χ3v) is 3.71. The molecule has 0 spiro atoms. The minimum atomic E-state index is -0.211. The number of rotatable bonds is 2. The number of aryl methyl sites for hydroxylation is 1. The third kappa shape index (κ3) is 3.84. The first kappa shape index (κ1) is 15.6. The lowest BCUT2D eigenvalue weighted by molar-refractivity contribution is 0.0268. The summed E-state index contributed by atoms with van der Waals surface area (Å²) in [6, 6.07) is 5.62. The lowest BCUT2D eigenvalue weighted by Crippen LogP contribution is -2.43. The minimum absolute atomic E-state index is 0.0114. The SMILES string of the molecule is COC1CCCN(C(=O)c2cc(C)ccc2C#CCO)C1. The fourth-order valence-corrected chi connectivity index (χ4v) is 2.56. The highest BCUT2D eigenvalue weighted by molar-refractivity contribution is 5.97. The molecule has 0 aliphatic carbocycles. The standard InChI is InChI=1S/C17H21NO3/c1-13-7-8-14(5-4-10-19)16(11-13)17(20)18-9-3-6-15(12-18)21-2/h7-8,11,15,19H,3,6,9-10,12H2,1-2H3. The van der Waals surface area contributed by atoms with E-state index in [0.717, 1.165) is 24.9 Å². The van der Waals surface area contributed by atoms with Gasteiger partial charge in [-0.25, -0.2) is 0 Å². The highest BCUT2D eigenvalue weighted by Gasteiger charge is 2.25. The number of benzene rings is 1. The lowest BCUT2D eigenvalue weighted by atomic mass is 10.0. The summed E-state index contributed by atoms with van der Waals surface area (Å²) < 4.78 is 5.37. The molecule has 1 aromatic carbocycles. The average Bonchev–Trinajstić information content (AvgIpc) is 2.53. The van der Waals surface area contributed by atoms with E-state index in [9.17, 15) is 4.79 Å². The van der Waals surface area contributed by atoms with Crippen LogP contribution in [0.25, 0.3) is 0 Å². The van der Waals surface area contributed by atoms with Crippen LogP contribution in [0.2, 0.25) is 0 Å². The van der Waals surface area contributed by atoms with Gasteiger partial charge in [0.15, 0.2) is 0 Å². The van der Waals surface area contributed by atoms with Gasteiger partial charge < -0.3 is 14.7 Å². The predicted molar refractivity (Wildman–Crippen MR) is 81.1 cm³/mol. The fourth-order valence-electron chi connectivity index (χ4n) is 2.56. The molecule has 1 atom stereocenters. The van der Waals surface area contributed by atoms with Crippen LogP contribution in [0.15, 0.2) is 18.2 Å². The maximum absolute atomic E-state index is 12.7. The second-order valence-corrected chi connectivity index (χ2v) is 5.26. The number of carbonyl (C=O) groups is 1. The van der Waals surface area contributed by atoms with Crippen LogP contribution in [-0.4, -0.2) is 48.8 Å². The zero-order valence-corrected chi connectivity index (χ0v) is 12.6. The number of hydrogen-bond donors (Lipinski definition) is 1. The largest absolute Gasteiger partial charge is 0.384 e. The van der Waals surface area contributed by atoms with E-state index in [-0.39, 0.29) is 18.6 Å². The first-order valence-electron chi connectivity index (χ1n) is 7.18. The van der Waals surface area contributed by atoms with Gasteiger partial charge in [0.05, 0.1) is 11.7 Å². The number of ether oxygens (including phenoxy) is 1. The summed E-state index contributed by atoms with van der Waals surface area (Å²) in [7, 11) is 1.68. The zero-order chi connectivity index (χ0) is 15.2. The molecule has 4 heteroatoms. The molecule has 2 rings (SSSR count). The average molecular weight is 287 g/mol. The molecule has 1 aliphatic heterocycles. The Labute approximate surface area is 125 Å². The summed E-state index contributed by atoms with van der Waals surface area (Å²) in [5.74, 6) is 5.46. The lowest BCUT2D eigenvalue weighted by Gasteiger charge is -2.32. The first-order valence-corrected chi connectivity index (χ1v) is 7.18. The van der Waals surface area contributed by atoms with Gasteiger partial charge in [-0.05, 0) is 31.9 Å². The Bertz CT molecular complexity index is 571. The van der Waals surface area contributed by atoms with E-state index < -0.39 is 0 Å². The van der Waals surface area contributed by atoms with Gasteiger partial charge in [0, 0.05) is 25.8 Å². The van der Waals surface area contributed by atoms with Crippen molar-refractivity contribution in [1.82, 2.24) is 4.90 Å². The van der Waals surface area contributed by atoms with Gasteiger partial charge >= 0.3 is 0 Å². The molecule has 1 heterocycles. The van der Waals surface area contributed by atoms with Crippen molar-refractivity contribution in [3.05, 3.63) is 34.9 Å². The number of likely N-dealkylation sites (tertiary alicyclic amines) is 1. The highest BCUT2D eigenvalue weighted by atomic mass is 16.5. The maximum atomic E-state index is 12.7. The van der Waals surface area contributed by atoms with Gasteiger partial charge in [-0.3, -0.25) is 4.79 Å². The second kappa shape index (κ2) is 7.26. The van der Waals surface area contributed by atoms with Crippen LogP contribution < -0.4 is 0 Å². The summed E-state index contributed by atoms with van der Waals surface area (Å²) in [6.07, 6.45) is 2.05. The van der Waals surface area contributed by atoms with E-state index in [1.54, 1.807) is 7.11 Å². The van der Waals surface area contributed by atoms with Crippen LogP contribution >= 0.6 is 0 Å². The molecule has 0 bridgehead atoms. The van der Waals surface area contributed by atoms with Gasteiger partial charge in [0.1, 0.15) is 6.61 Å². The molecule has 1 amide bonds. The van der Waals surface area contributed by atoms with Gasteiger partial charge in [0.25, 0.3) is 5.91 Å². The summed E-state index contributed by atoms with van der Waals surface area (Å²) >= 11 is 0. The van der Waals surface area contributed by atoms with Gasteiger partial charge in [-0.2, -0.15) is 0 Å². The van der Waals surface area contributed by atoms with Crippen LogP contribution in [0.3, 0.4) is 0 Å². The molecule has 1 aromatic rings. The van der Waals surface area contributed by atoms with Crippen molar-refractivity contribution in [3.8, 4) is 11.8 Å². The van der Waals surface area contributed by atoms with Crippen molar-refractivity contribution in [1.29, 1.82) is 0 Å². The van der Waals surface area contributed by atoms with Crippen LogP contribution in [0.4, 0.5) is 0 Å². The van der Waals surface area contributed by atoms with Gasteiger partial charge in [-0.15, -0.1) is 0 Å². The second-order valence-electron chi connectivity index (χ2n) is 5.26. The summed E-state index contributed by atoms with van der Waals surface area (Å²) in [5.41, 5.74) is 2.29. The predicted octanol–water partition coefficient (Wildman–Crippen LogP) is 1.59. The Morgan fingerprint density at radius 2 is 2.33 bits per heavy atom. The first-order chi connectivity index (χ1) is 10.2. The summed E-state index contributed by atoms with van der Waals surface area (Å²) in [4.78, 5) is 14.6. The number of carbonyl (C=O) groups excluding carboxylic acids is 1. The molecule has 1 fully saturated rings. The number of aliphatic hydroxyl groups excluding tert-OH is 1. The smallest absolute Gasteiger partial charge is 0.255 e. The van der Waals surface area contributed by atoms with E-state index in [1.165, 1.54) is 0 Å². The molecule has 21 heavy (non-hydrogen) atoms. The number of hydrogen-bond acceptors (Lipinski definition) is 3. The monoisotopic (exact) mass is 287 g/mol. The van der Waals surface area contributed by atoms with Crippen molar-refractivity contribution in [2.75, 3.05) is 26.8 Å². The molecular formula is C17H21NO3. The molecule has 1 saturated heterocycles. The maximum Gasteiger partial charge on any atom is 0.255 e. The van der Waals surface area contributed by atoms with Crippen molar-refractivity contribution in [2.45, 2.75) is 25.9 Å². The summed E-state index contributed by atoms with van der Waals surface area (Å²) in [6.45, 7) is 3.11. The third-order valence-electron chi connectivity index (χ3n) is 3.71. The van der Waals surface area contributed by atoms with E-state index in [0.29, 0.717) is 17.7 Å². The molecule has 1 N–H and O–H groups in total. The van der Waals surface area contributed by atoms with Crippen molar-refractivity contribution in [2.24, 2.45) is 0 Å². The van der Waals surface area contributed by atoms with E-state index in [2.05, 4.69) is 11.8 Å². The van der Waals surface area contributed by atoms with Crippen LogP contribution in [-0.2, 0) is 4.74 Å². The fraction of sp³-hybridized carbons (Fsp3) is 0.471. The van der Waals surface area contributed by atoms with E-state index in [4.69, 9.17) is 9.84 Å². The molecule has 112 valence electrons. The van der Waals surface area contributed by atoms with Crippen LogP contribution in [0, 0.1) is 18.8 Å². The Kier molecular flexibility index (Phi) is 5.38. The van der Waals surface area contributed by atoms with Crippen molar-refractivity contribution >= 4 is 5.91 Å². The topological polar surface area (TPSA) is 49.8 Å². The van der Waals surface area contributed by atoms with Gasteiger partial charge in [-0.1, -0.05) is 23.5 Å². The summed E-state index contributed by atoms with van der Waals surface area (Å²) in [5, 5.41) is 8.84. The molecule has 1 aliphatic rings. The highest BCUT2D eigenvalue weighted by Crippen LogP contribution is 2.18. The molecule has 0 saturated carbocycles. The number of piperidine rings is 1. The number of nitrogens with zero attached hydrogens (tertiary/aromatic N) is 1. The minimum Gasteiger partial charge on any atom is -0.384 e. The van der Waals surface area contributed by atoms with E-state index in [1.807, 2.05) is 30.0 Å². The molecule has 0 radical (unpaired) electrons.